The zero-order valence-corrected chi connectivity index (χ0v) is 8.96. The van der Waals surface area contributed by atoms with Gasteiger partial charge in [-0.1, -0.05) is 12.8 Å². The Morgan fingerprint density at radius 2 is 2.43 bits per heavy atom. The van der Waals surface area contributed by atoms with Gasteiger partial charge in [0, 0.05) is 25.5 Å². The summed E-state index contributed by atoms with van der Waals surface area (Å²) in [6, 6.07) is 2.27. The van der Waals surface area contributed by atoms with Gasteiger partial charge in [-0.3, -0.25) is 5.32 Å². The maximum atomic E-state index is 5.27. The van der Waals surface area contributed by atoms with Crippen LogP contribution in [0, 0.1) is 12.3 Å². The highest BCUT2D eigenvalue weighted by molar-refractivity contribution is 5.10. The van der Waals surface area contributed by atoms with Crippen molar-refractivity contribution >= 4 is 0 Å². The molecule has 1 unspecified atom stereocenters. The molecular formula is C12H18N2. The van der Waals surface area contributed by atoms with Gasteiger partial charge in [-0.25, -0.2) is 0 Å². The van der Waals surface area contributed by atoms with E-state index in [2.05, 4.69) is 41.2 Å². The summed E-state index contributed by atoms with van der Waals surface area (Å²) in [5, 5.41) is 3.25. The minimum Gasteiger partial charge on any atom is -0.354 e. The second-order valence-corrected chi connectivity index (χ2v) is 3.53. The van der Waals surface area contributed by atoms with Crippen LogP contribution in [-0.4, -0.2) is 10.6 Å². The van der Waals surface area contributed by atoms with Crippen molar-refractivity contribution in [2.24, 2.45) is 0 Å². The third-order valence-electron chi connectivity index (χ3n) is 2.16. The zero-order chi connectivity index (χ0) is 10.4. The number of hydrogen-bond donors (Lipinski definition) is 1. The van der Waals surface area contributed by atoms with E-state index in [1.165, 1.54) is 12.0 Å². The van der Waals surface area contributed by atoms with Crippen molar-refractivity contribution < 1.29 is 0 Å². The van der Waals surface area contributed by atoms with Crippen molar-refractivity contribution in [3.05, 3.63) is 24.0 Å². The molecule has 14 heavy (non-hydrogen) atoms. The van der Waals surface area contributed by atoms with E-state index in [-0.39, 0.29) is 6.04 Å². The third kappa shape index (κ3) is 3.27. The topological polar surface area (TPSA) is 17.0 Å². The fraction of sp³-hybridized carbons (Fsp3) is 0.500. The second-order valence-electron chi connectivity index (χ2n) is 3.53. The molecule has 0 bridgehead atoms. The van der Waals surface area contributed by atoms with Crippen LogP contribution in [0.5, 0.6) is 0 Å². The Balaban J connectivity index is 2.40. The summed E-state index contributed by atoms with van der Waals surface area (Å²) in [6.45, 7) is 6.11. The van der Waals surface area contributed by atoms with Crippen LogP contribution < -0.4 is 5.32 Å². The lowest BCUT2D eigenvalue weighted by atomic mass is 10.3. The molecule has 0 fully saturated rings. The van der Waals surface area contributed by atoms with Gasteiger partial charge in [-0.2, -0.15) is 0 Å². The van der Waals surface area contributed by atoms with Crippen LogP contribution in [0.1, 0.15) is 25.8 Å². The van der Waals surface area contributed by atoms with E-state index in [0.717, 1.165) is 13.1 Å². The number of nitrogens with one attached hydrogen (secondary N) is 1. The Bertz CT molecular complexity index is 306. The number of aromatic nitrogens is 1. The van der Waals surface area contributed by atoms with E-state index >= 15 is 0 Å². The van der Waals surface area contributed by atoms with Gasteiger partial charge in [-0.05, 0) is 25.0 Å². The fourth-order valence-corrected chi connectivity index (χ4v) is 1.32. The molecule has 1 aromatic rings. The highest BCUT2D eigenvalue weighted by atomic mass is 14.9. The van der Waals surface area contributed by atoms with Crippen LogP contribution in [0.15, 0.2) is 18.5 Å². The predicted octanol–water partition coefficient (Wildman–Crippen LogP) is 2.01. The van der Waals surface area contributed by atoms with Gasteiger partial charge in [0.05, 0.1) is 6.04 Å². The first-order valence-corrected chi connectivity index (χ1v) is 5.10. The average Bonchev–Trinajstić information content (AvgIpc) is 2.63. The lowest BCUT2D eigenvalue weighted by molar-refractivity contribution is 0.641. The number of rotatable bonds is 5. The van der Waals surface area contributed by atoms with Gasteiger partial charge in [-0.15, -0.1) is 6.42 Å². The van der Waals surface area contributed by atoms with Gasteiger partial charge < -0.3 is 4.57 Å². The molecule has 0 aromatic carbocycles. The fourth-order valence-electron chi connectivity index (χ4n) is 1.32. The Morgan fingerprint density at radius 1 is 1.64 bits per heavy atom. The second kappa shape index (κ2) is 5.51. The molecule has 1 aromatic heterocycles. The first-order valence-electron chi connectivity index (χ1n) is 5.10. The molecule has 0 aliphatic rings. The Kier molecular flexibility index (Phi) is 4.28. The molecular weight excluding hydrogens is 172 g/mol. The zero-order valence-electron chi connectivity index (χ0n) is 8.96. The highest BCUT2D eigenvalue weighted by Crippen LogP contribution is 2.02. The van der Waals surface area contributed by atoms with Gasteiger partial charge in [0.25, 0.3) is 0 Å². The van der Waals surface area contributed by atoms with E-state index in [1.807, 2.05) is 6.92 Å². The smallest absolute Gasteiger partial charge is 0.0660 e. The minimum absolute atomic E-state index is 0.143. The molecule has 0 aliphatic heterocycles. The molecule has 2 nitrogen and oxygen atoms in total. The van der Waals surface area contributed by atoms with Crippen LogP contribution in [0.2, 0.25) is 0 Å². The molecule has 1 rings (SSSR count). The van der Waals surface area contributed by atoms with Crippen molar-refractivity contribution in [1.82, 2.24) is 9.88 Å². The number of terminal acetylenes is 1. The average molecular weight is 190 g/mol. The maximum absolute atomic E-state index is 5.27. The standard InChI is InChI=1S/C12H18N2/c1-4-7-14-8-6-12(10-14)9-13-11(3)5-2/h2,6,8,10-11,13H,4,7,9H2,1,3H3. The normalized spacial score (nSPS) is 12.4. The summed E-state index contributed by atoms with van der Waals surface area (Å²) in [6.07, 6.45) is 10.7. The summed E-state index contributed by atoms with van der Waals surface area (Å²) >= 11 is 0. The third-order valence-corrected chi connectivity index (χ3v) is 2.16. The monoisotopic (exact) mass is 190 g/mol. The Morgan fingerprint density at radius 3 is 3.07 bits per heavy atom. The van der Waals surface area contributed by atoms with Crippen molar-refractivity contribution in [3.8, 4) is 12.3 Å². The van der Waals surface area contributed by atoms with Crippen LogP contribution in [0.25, 0.3) is 0 Å². The summed E-state index contributed by atoms with van der Waals surface area (Å²) in [5.41, 5.74) is 1.29. The molecule has 1 atom stereocenters. The number of hydrogen-bond acceptors (Lipinski definition) is 1. The summed E-state index contributed by atoms with van der Waals surface area (Å²) in [4.78, 5) is 0. The Hall–Kier alpha value is -1.20. The van der Waals surface area contributed by atoms with E-state index in [1.54, 1.807) is 0 Å². The van der Waals surface area contributed by atoms with Gasteiger partial charge in [0.1, 0.15) is 0 Å². The van der Waals surface area contributed by atoms with E-state index in [9.17, 15) is 0 Å². The molecule has 1 N–H and O–H groups in total. The van der Waals surface area contributed by atoms with Crippen LogP contribution in [0.3, 0.4) is 0 Å². The largest absolute Gasteiger partial charge is 0.354 e. The SMILES string of the molecule is C#CC(C)NCc1ccn(CCC)c1. The first-order chi connectivity index (χ1) is 6.76. The quantitative estimate of drug-likeness (QED) is 0.703. The lowest BCUT2D eigenvalue weighted by Gasteiger charge is -2.05. The molecule has 0 saturated carbocycles. The molecule has 0 saturated heterocycles. The molecule has 0 aliphatic carbocycles. The summed E-state index contributed by atoms with van der Waals surface area (Å²) < 4.78 is 2.21. The summed E-state index contributed by atoms with van der Waals surface area (Å²) in [7, 11) is 0. The predicted molar refractivity (Wildman–Crippen MR) is 59.9 cm³/mol. The van der Waals surface area contributed by atoms with Gasteiger partial charge in [0.15, 0.2) is 0 Å². The Labute approximate surface area is 86.3 Å². The highest BCUT2D eigenvalue weighted by Gasteiger charge is 1.98. The minimum atomic E-state index is 0.143. The first kappa shape index (κ1) is 10.9. The van der Waals surface area contributed by atoms with Crippen molar-refractivity contribution in [2.75, 3.05) is 0 Å². The number of aryl methyl sites for hydroxylation is 1. The molecule has 76 valence electrons. The van der Waals surface area contributed by atoms with Crippen molar-refractivity contribution in [3.63, 3.8) is 0 Å². The van der Waals surface area contributed by atoms with E-state index in [4.69, 9.17) is 6.42 Å². The van der Waals surface area contributed by atoms with E-state index < -0.39 is 0 Å². The maximum Gasteiger partial charge on any atom is 0.0660 e. The molecule has 0 amide bonds. The molecule has 1 heterocycles. The molecule has 0 spiro atoms. The van der Waals surface area contributed by atoms with Crippen LogP contribution in [0.4, 0.5) is 0 Å². The van der Waals surface area contributed by atoms with Crippen LogP contribution >= 0.6 is 0 Å². The van der Waals surface area contributed by atoms with E-state index in [0.29, 0.717) is 0 Å². The van der Waals surface area contributed by atoms with Gasteiger partial charge >= 0.3 is 0 Å². The summed E-state index contributed by atoms with van der Waals surface area (Å²) in [5.74, 6) is 2.65. The molecule has 0 radical (unpaired) electrons. The van der Waals surface area contributed by atoms with Crippen molar-refractivity contribution in [1.29, 1.82) is 0 Å². The number of nitrogens with zero attached hydrogens (tertiary/aromatic N) is 1. The van der Waals surface area contributed by atoms with Crippen molar-refractivity contribution in [2.45, 2.75) is 39.4 Å². The lowest BCUT2D eigenvalue weighted by Crippen LogP contribution is -2.23. The van der Waals surface area contributed by atoms with Gasteiger partial charge in [0.2, 0.25) is 0 Å². The molecule has 2 heteroatoms. The van der Waals surface area contributed by atoms with Crippen LogP contribution in [-0.2, 0) is 13.1 Å².